The number of aromatic nitrogens is 4. The molecule has 0 radical (unpaired) electrons. The molecule has 0 aliphatic heterocycles. The van der Waals surface area contributed by atoms with E-state index in [1.807, 2.05) is 6.92 Å². The quantitative estimate of drug-likeness (QED) is 0.758. The second-order valence-electron chi connectivity index (χ2n) is 10.5. The second kappa shape index (κ2) is 6.31. The van der Waals surface area contributed by atoms with Crippen LogP contribution in [-0.2, 0) is 13.1 Å². The van der Waals surface area contributed by atoms with Crippen molar-refractivity contribution in [3.8, 4) is 0 Å². The molecule has 1 N–H and O–H groups in total. The fourth-order valence-corrected chi connectivity index (χ4v) is 7.60. The van der Waals surface area contributed by atoms with E-state index < -0.39 is 0 Å². The Hall–Kier alpha value is -1.89. The molecule has 5 fully saturated rings. The average molecular weight is 412 g/mol. The van der Waals surface area contributed by atoms with Gasteiger partial charge in [-0.25, -0.2) is 9.78 Å². The first-order valence-corrected chi connectivity index (χ1v) is 11.9. The molecule has 2 heterocycles. The van der Waals surface area contributed by atoms with Gasteiger partial charge < -0.3 is 9.88 Å². The summed E-state index contributed by atoms with van der Waals surface area (Å²) in [6, 6.07) is 0.753. The SMILES string of the molecule is CCCn1c(=O)c2[nH]c(C3C4CC5C3C5C4C3CC3N(C)C)nc2n(CCC)c1=O. The zero-order valence-electron chi connectivity index (χ0n) is 18.5. The monoisotopic (exact) mass is 411 g/mol. The van der Waals surface area contributed by atoms with Gasteiger partial charge in [0.15, 0.2) is 5.65 Å². The van der Waals surface area contributed by atoms with Gasteiger partial charge in [-0.3, -0.25) is 13.9 Å². The maximum absolute atomic E-state index is 13.1. The molecule has 5 aliphatic rings. The van der Waals surface area contributed by atoms with Crippen LogP contribution in [0.4, 0.5) is 0 Å². The number of hydrogen-bond acceptors (Lipinski definition) is 4. The van der Waals surface area contributed by atoms with Gasteiger partial charge in [-0.1, -0.05) is 13.8 Å². The van der Waals surface area contributed by atoms with Crippen LogP contribution >= 0.6 is 0 Å². The van der Waals surface area contributed by atoms with Crippen molar-refractivity contribution in [3.05, 3.63) is 26.7 Å². The zero-order chi connectivity index (χ0) is 20.9. The van der Waals surface area contributed by atoms with Gasteiger partial charge in [-0.05, 0) is 75.3 Å². The van der Waals surface area contributed by atoms with Crippen LogP contribution in [-0.4, -0.2) is 44.1 Å². The maximum atomic E-state index is 13.1. The van der Waals surface area contributed by atoms with E-state index in [1.54, 1.807) is 4.57 Å². The number of imidazole rings is 1. The fraction of sp³-hybridized carbons (Fsp3) is 0.783. The molecule has 0 aromatic carbocycles. The van der Waals surface area contributed by atoms with Gasteiger partial charge in [0, 0.05) is 25.0 Å². The molecule has 5 aliphatic carbocycles. The highest BCUT2D eigenvalue weighted by molar-refractivity contribution is 5.70. The lowest BCUT2D eigenvalue weighted by atomic mass is 9.87. The van der Waals surface area contributed by atoms with Crippen LogP contribution in [0.25, 0.3) is 11.2 Å². The topological polar surface area (TPSA) is 75.9 Å². The van der Waals surface area contributed by atoms with Crippen molar-refractivity contribution in [1.29, 1.82) is 0 Å². The van der Waals surface area contributed by atoms with Gasteiger partial charge in [0.25, 0.3) is 5.56 Å². The first kappa shape index (κ1) is 18.8. The van der Waals surface area contributed by atoms with Crippen LogP contribution in [0.5, 0.6) is 0 Å². The smallest absolute Gasteiger partial charge is 0.332 e. The van der Waals surface area contributed by atoms with Crippen molar-refractivity contribution in [2.45, 2.75) is 64.6 Å². The van der Waals surface area contributed by atoms with Gasteiger partial charge in [0.05, 0.1) is 0 Å². The number of rotatable bonds is 7. The van der Waals surface area contributed by atoms with Crippen LogP contribution in [0, 0.1) is 35.5 Å². The minimum atomic E-state index is -0.209. The molecule has 7 nitrogen and oxygen atoms in total. The molecule has 8 atom stereocenters. The third kappa shape index (κ3) is 2.33. The molecule has 0 spiro atoms. The summed E-state index contributed by atoms with van der Waals surface area (Å²) in [7, 11) is 4.42. The second-order valence-corrected chi connectivity index (χ2v) is 10.5. The van der Waals surface area contributed by atoms with Crippen molar-refractivity contribution in [2.75, 3.05) is 14.1 Å². The van der Waals surface area contributed by atoms with Crippen molar-refractivity contribution in [3.63, 3.8) is 0 Å². The summed E-state index contributed by atoms with van der Waals surface area (Å²) < 4.78 is 3.11. The number of fused-ring (bicyclic) bond motifs is 1. The van der Waals surface area contributed by atoms with Crippen LogP contribution in [0.15, 0.2) is 9.59 Å². The van der Waals surface area contributed by atoms with Gasteiger partial charge in [0.2, 0.25) is 0 Å². The maximum Gasteiger partial charge on any atom is 0.332 e. The number of nitrogens with one attached hydrogen (secondary N) is 1. The lowest BCUT2D eigenvalue weighted by molar-refractivity contribution is 0.288. The van der Waals surface area contributed by atoms with Crippen LogP contribution in [0.1, 0.15) is 51.3 Å². The van der Waals surface area contributed by atoms with E-state index >= 15 is 0 Å². The molecule has 8 unspecified atom stereocenters. The van der Waals surface area contributed by atoms with Gasteiger partial charge in [-0.15, -0.1) is 0 Å². The number of H-pyrrole nitrogens is 1. The minimum Gasteiger partial charge on any atom is -0.336 e. The molecule has 7 heteroatoms. The van der Waals surface area contributed by atoms with E-state index in [-0.39, 0.29) is 11.2 Å². The molecule has 4 bridgehead atoms. The van der Waals surface area contributed by atoms with E-state index in [2.05, 4.69) is 30.9 Å². The Morgan fingerprint density at radius 1 is 0.967 bits per heavy atom. The Morgan fingerprint density at radius 3 is 2.33 bits per heavy atom. The van der Waals surface area contributed by atoms with Crippen LogP contribution in [0.3, 0.4) is 0 Å². The number of hydrogen-bond donors (Lipinski definition) is 1. The molecule has 2 aromatic rings. The Bertz CT molecular complexity index is 1130. The summed E-state index contributed by atoms with van der Waals surface area (Å²) in [4.78, 5) is 36.8. The first-order chi connectivity index (χ1) is 14.5. The van der Waals surface area contributed by atoms with Gasteiger partial charge in [-0.2, -0.15) is 0 Å². The van der Waals surface area contributed by atoms with E-state index in [1.165, 1.54) is 17.4 Å². The summed E-state index contributed by atoms with van der Waals surface area (Å²) in [5.74, 6) is 6.29. The Kier molecular flexibility index (Phi) is 3.97. The third-order valence-electron chi connectivity index (χ3n) is 8.70. The highest BCUT2D eigenvalue weighted by Crippen LogP contribution is 2.81. The van der Waals surface area contributed by atoms with Crippen molar-refractivity contribution >= 4 is 11.2 Å². The highest BCUT2D eigenvalue weighted by Gasteiger charge is 2.76. The fourth-order valence-electron chi connectivity index (χ4n) is 7.60. The summed E-state index contributed by atoms with van der Waals surface area (Å²) >= 11 is 0. The number of aryl methyl sites for hydroxylation is 1. The van der Waals surface area contributed by atoms with Gasteiger partial charge >= 0.3 is 5.69 Å². The highest BCUT2D eigenvalue weighted by atomic mass is 16.2. The average Bonchev–Trinajstić information content (AvgIpc) is 3.40. The Labute approximate surface area is 176 Å². The summed E-state index contributed by atoms with van der Waals surface area (Å²) in [6.45, 7) is 5.11. The van der Waals surface area contributed by atoms with E-state index in [4.69, 9.17) is 4.98 Å². The van der Waals surface area contributed by atoms with E-state index in [0.717, 1.165) is 54.3 Å². The predicted octanol–water partition coefficient (Wildman–Crippen LogP) is 2.25. The molecular weight excluding hydrogens is 378 g/mol. The third-order valence-corrected chi connectivity index (χ3v) is 8.70. The predicted molar refractivity (Wildman–Crippen MR) is 116 cm³/mol. The molecule has 0 saturated heterocycles. The van der Waals surface area contributed by atoms with Crippen LogP contribution < -0.4 is 11.2 Å². The molecule has 30 heavy (non-hydrogen) atoms. The van der Waals surface area contributed by atoms with Crippen molar-refractivity contribution in [1.82, 2.24) is 24.0 Å². The van der Waals surface area contributed by atoms with Crippen molar-refractivity contribution in [2.24, 2.45) is 35.5 Å². The molecular formula is C23H33N5O2. The van der Waals surface area contributed by atoms with Crippen LogP contribution in [0.2, 0.25) is 0 Å². The molecule has 162 valence electrons. The largest absolute Gasteiger partial charge is 0.336 e. The molecule has 0 amide bonds. The molecule has 2 aromatic heterocycles. The first-order valence-electron chi connectivity index (χ1n) is 11.9. The Balaban J connectivity index is 1.41. The molecule has 5 saturated carbocycles. The lowest BCUT2D eigenvalue weighted by Crippen LogP contribution is -2.40. The Morgan fingerprint density at radius 2 is 1.70 bits per heavy atom. The standard InChI is InChI=1S/C23H33N5O2/c1-5-7-27-21-19(22(29)28(8-6-2)23(27)30)24-20(25-21)18-12-9-13-16(17(13)18)15(12)11-10-14(11)26(3)4/h11-18H,5-10H2,1-4H3,(H,24,25). The zero-order valence-corrected chi connectivity index (χ0v) is 18.5. The molecule has 7 rings (SSSR count). The number of nitrogens with zero attached hydrogens (tertiary/aromatic N) is 4. The number of aromatic amines is 1. The minimum absolute atomic E-state index is 0.202. The normalized spacial score (nSPS) is 38.2. The summed E-state index contributed by atoms with van der Waals surface area (Å²) in [5, 5.41) is 0. The summed E-state index contributed by atoms with van der Waals surface area (Å²) in [5.41, 5.74) is 0.692. The van der Waals surface area contributed by atoms with E-state index in [9.17, 15) is 9.59 Å². The van der Waals surface area contributed by atoms with Gasteiger partial charge in [0.1, 0.15) is 11.3 Å². The lowest BCUT2D eigenvalue weighted by Gasteiger charge is -2.20. The van der Waals surface area contributed by atoms with E-state index in [0.29, 0.717) is 36.1 Å². The van der Waals surface area contributed by atoms with Crippen molar-refractivity contribution < 1.29 is 0 Å². The summed E-state index contributed by atoms with van der Waals surface area (Å²) in [6.07, 6.45) is 4.28.